The van der Waals surface area contributed by atoms with Gasteiger partial charge in [0.2, 0.25) is 11.8 Å². The molecule has 2 heterocycles. The van der Waals surface area contributed by atoms with Crippen molar-refractivity contribution >= 4 is 0 Å². The van der Waals surface area contributed by atoms with Crippen molar-refractivity contribution in [3.8, 4) is 11.5 Å². The van der Waals surface area contributed by atoms with Crippen molar-refractivity contribution in [1.82, 2.24) is 15.1 Å². The van der Waals surface area contributed by atoms with Gasteiger partial charge in [0.1, 0.15) is 12.7 Å². The Bertz CT molecular complexity index is 614. The predicted octanol–water partition coefficient (Wildman–Crippen LogP) is 2.29. The van der Waals surface area contributed by atoms with Crippen LogP contribution in [-0.4, -0.2) is 40.9 Å². The second-order valence-corrected chi connectivity index (χ2v) is 5.27. The van der Waals surface area contributed by atoms with E-state index in [2.05, 4.69) is 22.0 Å². The Kier molecular flexibility index (Phi) is 4.58. The number of benzene rings is 1. The highest BCUT2D eigenvalue weighted by Crippen LogP contribution is 2.31. The van der Waals surface area contributed by atoms with Gasteiger partial charge in [-0.1, -0.05) is 26.0 Å². The molecule has 0 unspecified atom stereocenters. The molecular formula is C16H21N3O3. The van der Waals surface area contributed by atoms with E-state index in [9.17, 15) is 0 Å². The molecule has 0 fully saturated rings. The van der Waals surface area contributed by atoms with Crippen LogP contribution in [0.5, 0.6) is 11.5 Å². The van der Waals surface area contributed by atoms with Gasteiger partial charge in [-0.05, 0) is 18.7 Å². The number of aromatic nitrogens is 2. The van der Waals surface area contributed by atoms with Crippen molar-refractivity contribution in [2.24, 2.45) is 0 Å². The molecule has 22 heavy (non-hydrogen) atoms. The summed E-state index contributed by atoms with van der Waals surface area (Å²) in [4.78, 5) is 2.22. The fourth-order valence-corrected chi connectivity index (χ4v) is 2.43. The minimum Gasteiger partial charge on any atom is -0.486 e. The molecule has 0 bridgehead atoms. The first-order valence-corrected chi connectivity index (χ1v) is 7.70. The van der Waals surface area contributed by atoms with Gasteiger partial charge in [-0.3, -0.25) is 4.90 Å². The molecule has 0 radical (unpaired) electrons. The summed E-state index contributed by atoms with van der Waals surface area (Å²) in [5, 5.41) is 8.07. The monoisotopic (exact) mass is 303 g/mol. The van der Waals surface area contributed by atoms with Crippen LogP contribution in [0, 0.1) is 0 Å². The highest BCUT2D eigenvalue weighted by atomic mass is 16.6. The Morgan fingerprint density at radius 2 is 1.91 bits per heavy atom. The zero-order valence-corrected chi connectivity index (χ0v) is 13.0. The number of hydrogen-bond donors (Lipinski definition) is 0. The van der Waals surface area contributed by atoms with Gasteiger partial charge in [0, 0.05) is 13.0 Å². The van der Waals surface area contributed by atoms with Crippen LogP contribution >= 0.6 is 0 Å². The first kappa shape index (κ1) is 14.8. The van der Waals surface area contributed by atoms with Gasteiger partial charge in [-0.15, -0.1) is 10.2 Å². The van der Waals surface area contributed by atoms with Gasteiger partial charge in [0.15, 0.2) is 11.5 Å². The fourth-order valence-electron chi connectivity index (χ4n) is 2.43. The molecule has 1 aromatic heterocycles. The Morgan fingerprint density at radius 1 is 1.14 bits per heavy atom. The highest BCUT2D eigenvalue weighted by molar-refractivity contribution is 5.40. The van der Waals surface area contributed by atoms with Crippen molar-refractivity contribution < 1.29 is 13.9 Å². The lowest BCUT2D eigenvalue weighted by molar-refractivity contribution is 0.0556. The SMILES string of the molecule is CCc1nnc(CN(CC)C[C@H]2COc3ccccc3O2)o1. The molecule has 6 heteroatoms. The quantitative estimate of drug-likeness (QED) is 0.816. The fraction of sp³-hybridized carbons (Fsp3) is 0.500. The number of likely N-dealkylation sites (N-methyl/N-ethyl adjacent to an activating group) is 1. The number of aryl methyl sites for hydroxylation is 1. The zero-order chi connectivity index (χ0) is 15.4. The van der Waals surface area contributed by atoms with E-state index in [-0.39, 0.29) is 6.10 Å². The second kappa shape index (κ2) is 6.79. The van der Waals surface area contributed by atoms with Gasteiger partial charge < -0.3 is 13.9 Å². The van der Waals surface area contributed by atoms with Gasteiger partial charge in [0.25, 0.3) is 0 Å². The van der Waals surface area contributed by atoms with Crippen LogP contribution in [0.1, 0.15) is 25.6 Å². The smallest absolute Gasteiger partial charge is 0.230 e. The molecule has 1 atom stereocenters. The van der Waals surface area contributed by atoms with Crippen LogP contribution in [0.25, 0.3) is 0 Å². The lowest BCUT2D eigenvalue weighted by Crippen LogP contribution is -2.40. The molecule has 0 saturated carbocycles. The molecule has 118 valence electrons. The Labute approximate surface area is 130 Å². The Balaban J connectivity index is 1.59. The normalized spacial score (nSPS) is 17.0. The van der Waals surface area contributed by atoms with Crippen LogP contribution in [0.3, 0.4) is 0 Å². The third-order valence-electron chi connectivity index (χ3n) is 3.65. The third-order valence-corrected chi connectivity index (χ3v) is 3.65. The van der Waals surface area contributed by atoms with Crippen molar-refractivity contribution in [3.63, 3.8) is 0 Å². The molecule has 1 aromatic carbocycles. The lowest BCUT2D eigenvalue weighted by atomic mass is 10.2. The molecule has 0 aliphatic carbocycles. The average molecular weight is 303 g/mol. The number of nitrogens with zero attached hydrogens (tertiary/aromatic N) is 3. The molecular weight excluding hydrogens is 282 g/mol. The highest BCUT2D eigenvalue weighted by Gasteiger charge is 2.23. The molecule has 0 N–H and O–H groups in total. The second-order valence-electron chi connectivity index (χ2n) is 5.27. The molecule has 1 aliphatic rings. The lowest BCUT2D eigenvalue weighted by Gasteiger charge is -2.30. The van der Waals surface area contributed by atoms with Crippen molar-refractivity contribution in [2.45, 2.75) is 32.9 Å². The van der Waals surface area contributed by atoms with Crippen LogP contribution < -0.4 is 9.47 Å². The van der Waals surface area contributed by atoms with Crippen molar-refractivity contribution in [1.29, 1.82) is 0 Å². The van der Waals surface area contributed by atoms with E-state index >= 15 is 0 Å². The van der Waals surface area contributed by atoms with Crippen LogP contribution in [0.15, 0.2) is 28.7 Å². The summed E-state index contributed by atoms with van der Waals surface area (Å²) in [7, 11) is 0. The molecule has 0 saturated heterocycles. The van der Waals surface area contributed by atoms with E-state index in [0.717, 1.165) is 31.0 Å². The largest absolute Gasteiger partial charge is 0.486 e. The molecule has 0 spiro atoms. The first-order chi connectivity index (χ1) is 10.8. The van der Waals surface area contributed by atoms with E-state index in [0.29, 0.717) is 24.9 Å². The number of fused-ring (bicyclic) bond motifs is 1. The van der Waals surface area contributed by atoms with Gasteiger partial charge in [-0.2, -0.15) is 0 Å². The summed E-state index contributed by atoms with van der Waals surface area (Å²) < 4.78 is 17.3. The van der Waals surface area contributed by atoms with Crippen LogP contribution in [0.4, 0.5) is 0 Å². The minimum absolute atomic E-state index is 0.00316. The number of rotatable bonds is 6. The maximum Gasteiger partial charge on any atom is 0.230 e. The van der Waals surface area contributed by atoms with Crippen LogP contribution in [-0.2, 0) is 13.0 Å². The summed E-state index contributed by atoms with van der Waals surface area (Å²) >= 11 is 0. The van der Waals surface area contributed by atoms with Crippen LogP contribution in [0.2, 0.25) is 0 Å². The molecule has 6 nitrogen and oxygen atoms in total. The Hall–Kier alpha value is -2.08. The summed E-state index contributed by atoms with van der Waals surface area (Å²) in [6.45, 7) is 6.93. The topological polar surface area (TPSA) is 60.6 Å². The molecule has 3 rings (SSSR count). The number of para-hydroxylation sites is 2. The predicted molar refractivity (Wildman–Crippen MR) is 81.0 cm³/mol. The minimum atomic E-state index is 0.00316. The maximum absolute atomic E-state index is 6.00. The van der Waals surface area contributed by atoms with Crippen molar-refractivity contribution in [2.75, 3.05) is 19.7 Å². The molecule has 2 aromatic rings. The third kappa shape index (κ3) is 3.39. The summed E-state index contributed by atoms with van der Waals surface area (Å²) in [5.41, 5.74) is 0. The van der Waals surface area contributed by atoms with Gasteiger partial charge in [-0.25, -0.2) is 0 Å². The summed E-state index contributed by atoms with van der Waals surface area (Å²) in [5.74, 6) is 2.94. The van der Waals surface area contributed by atoms with Gasteiger partial charge in [0.05, 0.1) is 6.54 Å². The number of hydrogen-bond acceptors (Lipinski definition) is 6. The summed E-state index contributed by atoms with van der Waals surface area (Å²) in [6.07, 6.45) is 0.763. The van der Waals surface area contributed by atoms with Crippen molar-refractivity contribution in [3.05, 3.63) is 36.0 Å². The Morgan fingerprint density at radius 3 is 2.64 bits per heavy atom. The van der Waals surface area contributed by atoms with E-state index in [4.69, 9.17) is 13.9 Å². The standard InChI is InChI=1S/C16H21N3O3/c1-3-15-17-18-16(22-15)10-19(4-2)9-12-11-20-13-7-5-6-8-14(13)21-12/h5-8,12H,3-4,9-11H2,1-2H3/t12-/m0/s1. The van der Waals surface area contributed by atoms with E-state index in [1.165, 1.54) is 0 Å². The zero-order valence-electron chi connectivity index (χ0n) is 13.0. The molecule has 1 aliphatic heterocycles. The number of ether oxygens (including phenoxy) is 2. The first-order valence-electron chi connectivity index (χ1n) is 7.70. The van der Waals surface area contributed by atoms with E-state index in [1.54, 1.807) is 0 Å². The summed E-state index contributed by atoms with van der Waals surface area (Å²) in [6, 6.07) is 7.76. The average Bonchev–Trinajstić information content (AvgIpc) is 3.01. The van der Waals surface area contributed by atoms with E-state index < -0.39 is 0 Å². The maximum atomic E-state index is 6.00. The van der Waals surface area contributed by atoms with E-state index in [1.807, 2.05) is 31.2 Å². The van der Waals surface area contributed by atoms with Gasteiger partial charge >= 0.3 is 0 Å². The molecule has 0 amide bonds.